The molecule has 0 aliphatic rings. The van der Waals surface area contributed by atoms with Crippen molar-refractivity contribution in [1.82, 2.24) is 0 Å². The highest BCUT2D eigenvalue weighted by Crippen LogP contribution is 2.32. The lowest BCUT2D eigenvalue weighted by Gasteiger charge is -2.11. The largest absolute Gasteiger partial charge is 0.507 e. The van der Waals surface area contributed by atoms with E-state index in [0.717, 1.165) is 15.2 Å². The van der Waals surface area contributed by atoms with Gasteiger partial charge in [0.1, 0.15) is 5.75 Å². The molecule has 104 valence electrons. The molecule has 5 heteroatoms. The normalized spacial score (nSPS) is 10.5. The van der Waals surface area contributed by atoms with Crippen molar-refractivity contribution in [3.05, 3.63) is 40.4 Å². The van der Waals surface area contributed by atoms with Crippen LogP contribution in [0.2, 0.25) is 0 Å². The van der Waals surface area contributed by atoms with Gasteiger partial charge in [0.15, 0.2) is 0 Å². The summed E-state index contributed by atoms with van der Waals surface area (Å²) >= 11 is 3.44. The predicted octanol–water partition coefficient (Wildman–Crippen LogP) is 3.63. The zero-order valence-electron chi connectivity index (χ0n) is 10.9. The van der Waals surface area contributed by atoms with Crippen LogP contribution in [0.4, 0.5) is 0 Å². The number of fused-ring (bicyclic) bond motifs is 1. The van der Waals surface area contributed by atoms with Crippen molar-refractivity contribution in [2.24, 2.45) is 0 Å². The standard InChI is InChI=1S/C15H14BrNO3/c1-2-20-14(19)8-12(17)15-10-4-3-5-11(16)9(10)6-7-13(15)18/h3-7,17-18H,2,8H2,1H3. The molecule has 4 nitrogen and oxygen atoms in total. The summed E-state index contributed by atoms with van der Waals surface area (Å²) in [4.78, 5) is 11.5. The molecule has 0 aromatic heterocycles. The third-order valence-electron chi connectivity index (χ3n) is 2.91. The molecule has 0 bridgehead atoms. The summed E-state index contributed by atoms with van der Waals surface area (Å²) in [5.41, 5.74) is 0.418. The maximum Gasteiger partial charge on any atom is 0.311 e. The number of nitrogens with one attached hydrogen (secondary N) is 1. The van der Waals surface area contributed by atoms with Crippen LogP contribution in [-0.2, 0) is 9.53 Å². The summed E-state index contributed by atoms with van der Waals surface area (Å²) in [5, 5.41) is 19.7. The Morgan fingerprint density at radius 2 is 2.05 bits per heavy atom. The van der Waals surface area contributed by atoms with E-state index in [-0.39, 0.29) is 24.5 Å². The minimum atomic E-state index is -0.469. The molecule has 0 fully saturated rings. The van der Waals surface area contributed by atoms with Crippen LogP contribution in [-0.4, -0.2) is 23.4 Å². The predicted molar refractivity (Wildman–Crippen MR) is 81.4 cm³/mol. The first-order chi connectivity index (χ1) is 9.54. The van der Waals surface area contributed by atoms with Crippen LogP contribution in [0.25, 0.3) is 10.8 Å². The number of phenols is 1. The number of hydrogen-bond acceptors (Lipinski definition) is 4. The van der Waals surface area contributed by atoms with Gasteiger partial charge in [-0.2, -0.15) is 0 Å². The summed E-state index contributed by atoms with van der Waals surface area (Å²) in [7, 11) is 0. The first-order valence-corrected chi connectivity index (χ1v) is 6.97. The SMILES string of the molecule is CCOC(=O)CC(=N)c1c(O)ccc2c(Br)cccc12. The molecule has 2 aromatic rings. The lowest BCUT2D eigenvalue weighted by Crippen LogP contribution is -2.12. The molecule has 20 heavy (non-hydrogen) atoms. The molecule has 2 N–H and O–H groups in total. The molecule has 0 saturated heterocycles. The smallest absolute Gasteiger partial charge is 0.311 e. The molecule has 0 heterocycles. The first-order valence-electron chi connectivity index (χ1n) is 6.18. The molecule has 0 unspecified atom stereocenters. The monoisotopic (exact) mass is 335 g/mol. The van der Waals surface area contributed by atoms with E-state index < -0.39 is 5.97 Å². The van der Waals surface area contributed by atoms with Crippen LogP contribution >= 0.6 is 15.9 Å². The number of aromatic hydroxyl groups is 1. The van der Waals surface area contributed by atoms with E-state index >= 15 is 0 Å². The van der Waals surface area contributed by atoms with E-state index in [1.54, 1.807) is 13.0 Å². The summed E-state index contributed by atoms with van der Waals surface area (Å²) in [6, 6.07) is 8.83. The van der Waals surface area contributed by atoms with Gasteiger partial charge in [-0.15, -0.1) is 0 Å². The van der Waals surface area contributed by atoms with Crippen LogP contribution in [0, 0.1) is 5.41 Å². The molecule has 0 saturated carbocycles. The Hall–Kier alpha value is -1.88. The molecular weight excluding hydrogens is 322 g/mol. The Bertz CT molecular complexity index is 682. The first kappa shape index (κ1) is 14.5. The van der Waals surface area contributed by atoms with Crippen LogP contribution in [0.15, 0.2) is 34.8 Å². The fourth-order valence-corrected chi connectivity index (χ4v) is 2.57. The number of esters is 1. The summed E-state index contributed by atoms with van der Waals surface area (Å²) in [6.07, 6.45) is -0.160. The Kier molecular flexibility index (Phi) is 4.39. The van der Waals surface area contributed by atoms with Gasteiger partial charge in [0.25, 0.3) is 0 Å². The Labute approximate surface area is 125 Å². The Morgan fingerprint density at radius 1 is 1.30 bits per heavy atom. The second kappa shape index (κ2) is 6.05. The van der Waals surface area contributed by atoms with E-state index in [2.05, 4.69) is 15.9 Å². The maximum atomic E-state index is 11.5. The van der Waals surface area contributed by atoms with Gasteiger partial charge in [-0.25, -0.2) is 0 Å². The Balaban J connectivity index is 2.48. The van der Waals surface area contributed by atoms with Crippen molar-refractivity contribution in [2.45, 2.75) is 13.3 Å². The zero-order valence-corrected chi connectivity index (χ0v) is 12.5. The van der Waals surface area contributed by atoms with Gasteiger partial charge in [-0.1, -0.05) is 28.1 Å². The number of halogens is 1. The van der Waals surface area contributed by atoms with E-state index in [4.69, 9.17) is 10.1 Å². The van der Waals surface area contributed by atoms with E-state index in [1.165, 1.54) is 6.07 Å². The average Bonchev–Trinajstić information content (AvgIpc) is 2.38. The number of hydrogen-bond donors (Lipinski definition) is 2. The van der Waals surface area contributed by atoms with Gasteiger partial charge >= 0.3 is 5.97 Å². The lowest BCUT2D eigenvalue weighted by atomic mass is 9.98. The third-order valence-corrected chi connectivity index (χ3v) is 3.61. The molecule has 2 rings (SSSR count). The quantitative estimate of drug-likeness (QED) is 0.662. The number of phenolic OH excluding ortho intramolecular Hbond substituents is 1. The highest BCUT2D eigenvalue weighted by molar-refractivity contribution is 9.10. The Morgan fingerprint density at radius 3 is 2.75 bits per heavy atom. The summed E-state index contributed by atoms with van der Waals surface area (Å²) < 4.78 is 5.71. The third kappa shape index (κ3) is 2.82. The second-order valence-electron chi connectivity index (χ2n) is 4.25. The van der Waals surface area contributed by atoms with Gasteiger partial charge in [0.05, 0.1) is 18.7 Å². The summed E-state index contributed by atoms with van der Waals surface area (Å²) in [6.45, 7) is 1.99. The molecule has 0 radical (unpaired) electrons. The second-order valence-corrected chi connectivity index (χ2v) is 5.11. The molecule has 0 spiro atoms. The topological polar surface area (TPSA) is 70.4 Å². The van der Waals surface area contributed by atoms with Gasteiger partial charge < -0.3 is 15.3 Å². The van der Waals surface area contributed by atoms with Gasteiger partial charge in [0, 0.05) is 10.0 Å². The lowest BCUT2D eigenvalue weighted by molar-refractivity contribution is -0.141. The van der Waals surface area contributed by atoms with Crippen LogP contribution in [0.5, 0.6) is 5.75 Å². The molecule has 0 atom stereocenters. The number of benzene rings is 2. The molecule has 2 aromatic carbocycles. The molecule has 0 aliphatic carbocycles. The van der Waals surface area contributed by atoms with E-state index in [1.807, 2.05) is 18.2 Å². The summed E-state index contributed by atoms with van der Waals surface area (Å²) in [5.74, 6) is -0.478. The maximum absolute atomic E-state index is 11.5. The van der Waals surface area contributed by atoms with Crippen molar-refractivity contribution in [3.8, 4) is 5.75 Å². The minimum absolute atomic E-state index is 0.00935. The highest BCUT2D eigenvalue weighted by Gasteiger charge is 2.16. The minimum Gasteiger partial charge on any atom is -0.507 e. The van der Waals surface area contributed by atoms with Gasteiger partial charge in [-0.3, -0.25) is 4.79 Å². The van der Waals surface area contributed by atoms with Gasteiger partial charge in [-0.05, 0) is 35.9 Å². The van der Waals surface area contributed by atoms with Crippen molar-refractivity contribution in [1.29, 1.82) is 5.41 Å². The van der Waals surface area contributed by atoms with Crippen LogP contribution < -0.4 is 0 Å². The fraction of sp³-hybridized carbons (Fsp3) is 0.200. The van der Waals surface area contributed by atoms with E-state index in [9.17, 15) is 9.90 Å². The number of rotatable bonds is 4. The van der Waals surface area contributed by atoms with Crippen molar-refractivity contribution < 1.29 is 14.6 Å². The molecule has 0 aliphatic heterocycles. The van der Waals surface area contributed by atoms with Crippen molar-refractivity contribution >= 4 is 38.4 Å². The number of carbonyl (C=O) groups excluding carboxylic acids is 1. The van der Waals surface area contributed by atoms with Crippen molar-refractivity contribution in [2.75, 3.05) is 6.61 Å². The van der Waals surface area contributed by atoms with Crippen LogP contribution in [0.1, 0.15) is 18.9 Å². The van der Waals surface area contributed by atoms with Gasteiger partial charge in [0.2, 0.25) is 0 Å². The number of ether oxygens (including phenoxy) is 1. The molecule has 0 amide bonds. The van der Waals surface area contributed by atoms with Crippen LogP contribution in [0.3, 0.4) is 0 Å². The van der Waals surface area contributed by atoms with E-state index in [0.29, 0.717) is 5.56 Å². The average molecular weight is 336 g/mol. The zero-order chi connectivity index (χ0) is 14.7. The highest BCUT2D eigenvalue weighted by atomic mass is 79.9. The molecular formula is C15H14BrNO3. The van der Waals surface area contributed by atoms with Crippen molar-refractivity contribution in [3.63, 3.8) is 0 Å². The number of carbonyl (C=O) groups is 1. The fourth-order valence-electron chi connectivity index (χ4n) is 2.07.